The molecule has 1 aromatic carbocycles. The molecular weight excluding hydrogens is 320 g/mol. The number of fused-ring (bicyclic) bond motifs is 1. The Bertz CT molecular complexity index is 732. The number of piperidine rings is 1. The fraction of sp³-hybridized carbons (Fsp3) is 0.556. The topological polar surface area (TPSA) is 61.0 Å². The molecule has 1 aliphatic carbocycles. The van der Waals surface area contributed by atoms with E-state index in [1.807, 2.05) is 6.07 Å². The summed E-state index contributed by atoms with van der Waals surface area (Å²) in [6.07, 6.45) is 4.89. The third kappa shape index (κ3) is 3.75. The minimum absolute atomic E-state index is 0.113. The Kier molecular flexibility index (Phi) is 4.50. The average molecular weight is 344 g/mol. The molecule has 24 heavy (non-hydrogen) atoms. The van der Waals surface area contributed by atoms with Crippen LogP contribution in [0.1, 0.15) is 31.2 Å². The van der Waals surface area contributed by atoms with Gasteiger partial charge in [-0.3, -0.25) is 4.79 Å². The molecule has 0 radical (unpaired) electrons. The molecule has 1 saturated carbocycles. The summed E-state index contributed by atoms with van der Waals surface area (Å²) >= 11 is 1.48. The number of benzene rings is 1. The Balaban J connectivity index is 1.25. The minimum Gasteiger partial charge on any atom is -0.353 e. The number of rotatable bonds is 5. The van der Waals surface area contributed by atoms with Gasteiger partial charge < -0.3 is 15.2 Å². The molecule has 1 aliphatic heterocycles. The number of nitrogens with zero attached hydrogens (tertiary/aromatic N) is 2. The number of aryl methyl sites for hydroxylation is 1. The number of thioether (sulfide) groups is 1. The number of carbonyl (C=O) groups is 1. The van der Waals surface area contributed by atoms with Crippen molar-refractivity contribution in [2.75, 3.05) is 18.8 Å². The van der Waals surface area contributed by atoms with E-state index in [1.54, 1.807) is 0 Å². The third-order valence-electron chi connectivity index (χ3n) is 4.91. The molecule has 2 aromatic rings. The van der Waals surface area contributed by atoms with Crippen molar-refractivity contribution in [3.63, 3.8) is 0 Å². The molecule has 0 bridgehead atoms. The Morgan fingerprint density at radius 3 is 2.88 bits per heavy atom. The van der Waals surface area contributed by atoms with Crippen LogP contribution in [0.15, 0.2) is 23.4 Å². The first-order valence-electron chi connectivity index (χ1n) is 8.80. The molecule has 4 rings (SSSR count). The summed E-state index contributed by atoms with van der Waals surface area (Å²) in [6.45, 7) is 4.33. The van der Waals surface area contributed by atoms with E-state index in [2.05, 4.69) is 39.2 Å². The number of likely N-dealkylation sites (tertiary alicyclic amines) is 1. The quantitative estimate of drug-likeness (QED) is 0.819. The highest BCUT2D eigenvalue weighted by atomic mass is 32.2. The number of H-pyrrole nitrogens is 1. The maximum Gasteiger partial charge on any atom is 0.230 e. The molecule has 2 N–H and O–H groups in total. The first-order valence-corrected chi connectivity index (χ1v) is 9.78. The molecule has 2 aliphatic rings. The number of imidazole rings is 1. The van der Waals surface area contributed by atoms with Crippen molar-refractivity contribution in [1.82, 2.24) is 20.2 Å². The summed E-state index contributed by atoms with van der Waals surface area (Å²) < 4.78 is 0. The Morgan fingerprint density at radius 1 is 1.33 bits per heavy atom. The summed E-state index contributed by atoms with van der Waals surface area (Å²) in [5, 5.41) is 4.00. The van der Waals surface area contributed by atoms with Crippen LogP contribution in [-0.2, 0) is 4.79 Å². The summed E-state index contributed by atoms with van der Waals surface area (Å²) in [6, 6.07) is 7.33. The zero-order valence-electron chi connectivity index (χ0n) is 14.0. The predicted octanol–water partition coefficient (Wildman–Crippen LogP) is 2.71. The van der Waals surface area contributed by atoms with Crippen molar-refractivity contribution in [3.8, 4) is 0 Å². The van der Waals surface area contributed by atoms with Crippen molar-refractivity contribution in [2.24, 2.45) is 0 Å². The van der Waals surface area contributed by atoms with Crippen molar-refractivity contribution >= 4 is 28.7 Å². The van der Waals surface area contributed by atoms with Crippen LogP contribution in [0.3, 0.4) is 0 Å². The highest BCUT2D eigenvalue weighted by Gasteiger charge is 2.32. The Morgan fingerprint density at radius 2 is 2.12 bits per heavy atom. The molecule has 6 heteroatoms. The lowest BCUT2D eigenvalue weighted by molar-refractivity contribution is -0.119. The van der Waals surface area contributed by atoms with Gasteiger partial charge in [-0.25, -0.2) is 4.98 Å². The van der Waals surface area contributed by atoms with Gasteiger partial charge in [0.1, 0.15) is 0 Å². The van der Waals surface area contributed by atoms with Crippen molar-refractivity contribution in [3.05, 3.63) is 23.8 Å². The highest BCUT2D eigenvalue weighted by molar-refractivity contribution is 7.99. The fourth-order valence-corrected chi connectivity index (χ4v) is 4.12. The van der Waals surface area contributed by atoms with E-state index in [9.17, 15) is 4.79 Å². The molecule has 1 amide bonds. The summed E-state index contributed by atoms with van der Waals surface area (Å²) in [7, 11) is 0. The first-order chi connectivity index (χ1) is 11.7. The van der Waals surface area contributed by atoms with Gasteiger partial charge in [-0.2, -0.15) is 0 Å². The van der Waals surface area contributed by atoms with Crippen LogP contribution in [-0.4, -0.2) is 51.7 Å². The largest absolute Gasteiger partial charge is 0.353 e. The van der Waals surface area contributed by atoms with Crippen molar-refractivity contribution < 1.29 is 4.79 Å². The standard InChI is InChI=1S/C18H24N4OS/c1-12-2-5-15-16(10-12)21-18(20-15)24-11-17(23)19-13-6-8-22(9-7-13)14-3-4-14/h2,5,10,13-14H,3-4,6-9,11H2,1H3,(H,19,23)(H,20,21). The highest BCUT2D eigenvalue weighted by Crippen LogP contribution is 2.29. The smallest absolute Gasteiger partial charge is 0.230 e. The van der Waals surface area contributed by atoms with Crippen LogP contribution in [0.25, 0.3) is 11.0 Å². The van der Waals surface area contributed by atoms with Gasteiger partial charge in [0, 0.05) is 25.2 Å². The van der Waals surface area contributed by atoms with Gasteiger partial charge in [0.05, 0.1) is 16.8 Å². The number of amides is 1. The lowest BCUT2D eigenvalue weighted by Crippen LogP contribution is -2.45. The zero-order valence-corrected chi connectivity index (χ0v) is 14.9. The second kappa shape index (κ2) is 6.76. The Labute approximate surface area is 146 Å². The van der Waals surface area contributed by atoms with Crippen LogP contribution >= 0.6 is 11.8 Å². The summed E-state index contributed by atoms with van der Waals surface area (Å²) in [5.41, 5.74) is 3.19. The van der Waals surface area contributed by atoms with Crippen LogP contribution in [0.4, 0.5) is 0 Å². The van der Waals surface area contributed by atoms with Gasteiger partial charge in [-0.1, -0.05) is 17.8 Å². The van der Waals surface area contributed by atoms with Crippen molar-refractivity contribution in [2.45, 2.75) is 49.8 Å². The van der Waals surface area contributed by atoms with Crippen LogP contribution in [0.5, 0.6) is 0 Å². The van der Waals surface area contributed by atoms with Gasteiger partial charge in [-0.15, -0.1) is 0 Å². The molecule has 0 spiro atoms. The third-order valence-corrected chi connectivity index (χ3v) is 5.79. The Hall–Kier alpha value is -1.53. The minimum atomic E-state index is 0.113. The molecule has 1 saturated heterocycles. The number of aromatic nitrogens is 2. The van der Waals surface area contributed by atoms with E-state index in [1.165, 1.54) is 30.2 Å². The normalized spacial score (nSPS) is 19.7. The van der Waals surface area contributed by atoms with E-state index in [-0.39, 0.29) is 5.91 Å². The molecule has 5 nitrogen and oxygen atoms in total. The monoisotopic (exact) mass is 344 g/mol. The van der Waals surface area contributed by atoms with Crippen LogP contribution in [0, 0.1) is 6.92 Å². The van der Waals surface area contributed by atoms with Crippen molar-refractivity contribution in [1.29, 1.82) is 0 Å². The van der Waals surface area contributed by atoms with Gasteiger partial charge in [0.15, 0.2) is 5.16 Å². The van der Waals surface area contributed by atoms with Gasteiger partial charge in [-0.05, 0) is 50.3 Å². The molecule has 0 unspecified atom stereocenters. The van der Waals surface area contributed by atoms with E-state index < -0.39 is 0 Å². The van der Waals surface area contributed by atoms with E-state index in [0.29, 0.717) is 11.8 Å². The second-order valence-electron chi connectivity index (χ2n) is 6.96. The van der Waals surface area contributed by atoms with E-state index >= 15 is 0 Å². The molecule has 2 fully saturated rings. The fourth-order valence-electron chi connectivity index (χ4n) is 3.42. The van der Waals surface area contributed by atoms with Crippen LogP contribution in [0.2, 0.25) is 0 Å². The SMILES string of the molecule is Cc1ccc2nc(SCC(=O)NC3CCN(C4CC4)CC3)[nH]c2c1. The van der Waals surface area contributed by atoms with Gasteiger partial charge >= 0.3 is 0 Å². The first kappa shape index (κ1) is 16.0. The summed E-state index contributed by atoms with van der Waals surface area (Å²) in [5.74, 6) is 0.531. The number of carbonyl (C=O) groups excluding carboxylic acids is 1. The van der Waals surface area contributed by atoms with Gasteiger partial charge in [0.2, 0.25) is 5.91 Å². The van der Waals surface area contributed by atoms with E-state index in [4.69, 9.17) is 0 Å². The lowest BCUT2D eigenvalue weighted by Gasteiger charge is -2.32. The van der Waals surface area contributed by atoms with E-state index in [0.717, 1.165) is 48.2 Å². The molecule has 2 heterocycles. The number of hydrogen-bond acceptors (Lipinski definition) is 4. The number of aromatic amines is 1. The predicted molar refractivity (Wildman–Crippen MR) is 97.3 cm³/mol. The second-order valence-corrected chi connectivity index (χ2v) is 7.92. The maximum absolute atomic E-state index is 12.2. The zero-order chi connectivity index (χ0) is 16.5. The maximum atomic E-state index is 12.2. The molecule has 1 aromatic heterocycles. The molecule has 0 atom stereocenters. The average Bonchev–Trinajstić information content (AvgIpc) is 3.34. The van der Waals surface area contributed by atoms with Crippen LogP contribution < -0.4 is 5.32 Å². The van der Waals surface area contributed by atoms with Gasteiger partial charge in [0.25, 0.3) is 0 Å². The molecule has 128 valence electrons. The number of nitrogens with one attached hydrogen (secondary N) is 2. The summed E-state index contributed by atoms with van der Waals surface area (Å²) in [4.78, 5) is 22.6. The number of hydrogen-bond donors (Lipinski definition) is 2. The molecular formula is C18H24N4OS. The lowest BCUT2D eigenvalue weighted by atomic mass is 10.1.